The van der Waals surface area contributed by atoms with E-state index in [2.05, 4.69) is 5.48 Å². The van der Waals surface area contributed by atoms with Gasteiger partial charge in [-0.1, -0.05) is 13.0 Å². The summed E-state index contributed by atoms with van der Waals surface area (Å²) >= 11 is 0. The number of fused-ring (bicyclic) bond motifs is 1. The predicted octanol–water partition coefficient (Wildman–Crippen LogP) is 2.50. The molecule has 2 unspecified atom stereocenters. The minimum absolute atomic E-state index is 0.0782. The summed E-state index contributed by atoms with van der Waals surface area (Å²) in [5, 5.41) is 0. The Bertz CT molecular complexity index is 395. The first-order valence-electron chi connectivity index (χ1n) is 5.43. The summed E-state index contributed by atoms with van der Waals surface area (Å²) in [4.78, 5) is 4.96. The fraction of sp³-hybridized carbons (Fsp3) is 0.500. The van der Waals surface area contributed by atoms with E-state index in [1.165, 1.54) is 6.07 Å². The summed E-state index contributed by atoms with van der Waals surface area (Å²) in [6.07, 6.45) is 0.722. The fourth-order valence-electron chi connectivity index (χ4n) is 2.16. The summed E-state index contributed by atoms with van der Waals surface area (Å²) in [6.45, 7) is 3.96. The first-order valence-corrected chi connectivity index (χ1v) is 5.43. The highest BCUT2D eigenvalue weighted by Crippen LogP contribution is 2.41. The smallest absolute Gasteiger partial charge is 0.165 e. The Labute approximate surface area is 94.5 Å². The molecule has 1 aromatic rings. The van der Waals surface area contributed by atoms with E-state index in [4.69, 9.17) is 9.57 Å². The number of aryl methyl sites for hydroxylation is 1. The number of ether oxygens (including phenoxy) is 1. The van der Waals surface area contributed by atoms with Gasteiger partial charge in [-0.2, -0.15) is 5.48 Å². The number of hydrogen-bond donors (Lipinski definition) is 1. The van der Waals surface area contributed by atoms with Gasteiger partial charge in [0.15, 0.2) is 11.6 Å². The highest BCUT2D eigenvalue weighted by atomic mass is 19.1. The zero-order valence-corrected chi connectivity index (χ0v) is 9.71. The van der Waals surface area contributed by atoms with Gasteiger partial charge < -0.3 is 9.57 Å². The molecule has 1 heterocycles. The van der Waals surface area contributed by atoms with Crippen LogP contribution >= 0.6 is 0 Å². The van der Waals surface area contributed by atoms with Crippen LogP contribution in [0.4, 0.5) is 4.39 Å². The van der Waals surface area contributed by atoms with Crippen molar-refractivity contribution in [2.45, 2.75) is 32.4 Å². The molecule has 0 amide bonds. The first-order chi connectivity index (χ1) is 7.69. The molecular weight excluding hydrogens is 209 g/mol. The van der Waals surface area contributed by atoms with Gasteiger partial charge >= 0.3 is 0 Å². The second-order valence-corrected chi connectivity index (χ2v) is 3.97. The van der Waals surface area contributed by atoms with Gasteiger partial charge in [0.05, 0.1) is 13.2 Å². The largest absolute Gasteiger partial charge is 0.485 e. The SMILES string of the molecule is CCC1Oc2c(F)ccc(C)c2C1NOC. The molecule has 0 aliphatic carbocycles. The van der Waals surface area contributed by atoms with E-state index < -0.39 is 0 Å². The molecule has 0 saturated heterocycles. The molecule has 1 aliphatic heterocycles. The minimum atomic E-state index is -0.306. The van der Waals surface area contributed by atoms with Gasteiger partial charge in [0.2, 0.25) is 0 Å². The Balaban J connectivity index is 2.45. The van der Waals surface area contributed by atoms with E-state index in [1.807, 2.05) is 13.8 Å². The van der Waals surface area contributed by atoms with E-state index in [0.717, 1.165) is 17.5 Å². The second kappa shape index (κ2) is 4.39. The van der Waals surface area contributed by atoms with Gasteiger partial charge in [-0.15, -0.1) is 0 Å². The Morgan fingerprint density at radius 3 is 2.88 bits per heavy atom. The Morgan fingerprint density at radius 1 is 1.50 bits per heavy atom. The second-order valence-electron chi connectivity index (χ2n) is 3.97. The van der Waals surface area contributed by atoms with Crippen molar-refractivity contribution in [3.63, 3.8) is 0 Å². The summed E-state index contributed by atoms with van der Waals surface area (Å²) in [6, 6.07) is 3.11. The van der Waals surface area contributed by atoms with Crippen LogP contribution in [0.3, 0.4) is 0 Å². The third-order valence-electron chi connectivity index (χ3n) is 2.97. The van der Waals surface area contributed by atoms with Crippen LogP contribution in [0, 0.1) is 12.7 Å². The monoisotopic (exact) mass is 225 g/mol. The quantitative estimate of drug-likeness (QED) is 0.802. The lowest BCUT2D eigenvalue weighted by molar-refractivity contribution is 0.0278. The molecule has 1 aromatic carbocycles. The van der Waals surface area contributed by atoms with Crippen molar-refractivity contribution in [2.24, 2.45) is 0 Å². The number of rotatable bonds is 3. The number of nitrogens with one attached hydrogen (secondary N) is 1. The van der Waals surface area contributed by atoms with E-state index >= 15 is 0 Å². The van der Waals surface area contributed by atoms with Crippen LogP contribution in [-0.4, -0.2) is 13.2 Å². The van der Waals surface area contributed by atoms with Gasteiger partial charge in [0.1, 0.15) is 6.10 Å². The maximum Gasteiger partial charge on any atom is 0.165 e. The number of hydrogen-bond acceptors (Lipinski definition) is 3. The van der Waals surface area contributed by atoms with Gasteiger partial charge in [-0.3, -0.25) is 0 Å². The van der Waals surface area contributed by atoms with Crippen molar-refractivity contribution in [2.75, 3.05) is 7.11 Å². The maximum atomic E-state index is 13.6. The Kier molecular flexibility index (Phi) is 3.12. The van der Waals surface area contributed by atoms with Gasteiger partial charge in [-0.25, -0.2) is 4.39 Å². The normalized spacial score (nSPS) is 23.0. The third-order valence-corrected chi connectivity index (χ3v) is 2.97. The topological polar surface area (TPSA) is 30.5 Å². The Hall–Kier alpha value is -1.13. The van der Waals surface area contributed by atoms with Crippen LogP contribution < -0.4 is 10.2 Å². The first kappa shape index (κ1) is 11.4. The lowest BCUT2D eigenvalue weighted by Crippen LogP contribution is -2.30. The average Bonchev–Trinajstić information content (AvgIpc) is 2.64. The molecule has 0 spiro atoms. The molecule has 0 aromatic heterocycles. The maximum absolute atomic E-state index is 13.6. The average molecular weight is 225 g/mol. The predicted molar refractivity (Wildman–Crippen MR) is 58.7 cm³/mol. The Morgan fingerprint density at radius 2 is 2.25 bits per heavy atom. The minimum Gasteiger partial charge on any atom is -0.485 e. The summed E-state index contributed by atoms with van der Waals surface area (Å²) in [5.41, 5.74) is 4.76. The third kappa shape index (κ3) is 1.68. The molecule has 2 atom stereocenters. The fourth-order valence-corrected chi connectivity index (χ4v) is 2.16. The van der Waals surface area contributed by atoms with Crippen molar-refractivity contribution in [1.82, 2.24) is 5.48 Å². The molecule has 0 bridgehead atoms. The molecule has 2 rings (SSSR count). The van der Waals surface area contributed by atoms with Crippen molar-refractivity contribution >= 4 is 0 Å². The molecule has 3 nitrogen and oxygen atoms in total. The van der Waals surface area contributed by atoms with Crippen molar-refractivity contribution in [3.05, 3.63) is 29.1 Å². The standard InChI is InChI=1S/C12H16FNO2/c1-4-9-11(14-15-3)10-7(2)5-6-8(13)12(10)16-9/h5-6,9,11,14H,4H2,1-3H3. The number of hydroxylamine groups is 1. The lowest BCUT2D eigenvalue weighted by Gasteiger charge is -2.18. The summed E-state index contributed by atoms with van der Waals surface area (Å²) in [5.74, 6) is 0.0563. The molecule has 0 radical (unpaired) electrons. The van der Waals surface area contributed by atoms with E-state index in [0.29, 0.717) is 5.75 Å². The van der Waals surface area contributed by atoms with E-state index in [9.17, 15) is 4.39 Å². The lowest BCUT2D eigenvalue weighted by atomic mass is 9.98. The summed E-state index contributed by atoms with van der Waals surface area (Å²) in [7, 11) is 1.55. The molecule has 1 N–H and O–H groups in total. The molecule has 0 fully saturated rings. The number of halogens is 1. The highest BCUT2D eigenvalue weighted by molar-refractivity contribution is 5.46. The molecule has 0 saturated carbocycles. The van der Waals surface area contributed by atoms with Crippen LogP contribution in [0.25, 0.3) is 0 Å². The van der Waals surface area contributed by atoms with Crippen molar-refractivity contribution in [1.29, 1.82) is 0 Å². The molecule has 16 heavy (non-hydrogen) atoms. The van der Waals surface area contributed by atoms with Crippen molar-refractivity contribution in [3.8, 4) is 5.75 Å². The van der Waals surface area contributed by atoms with Gasteiger partial charge in [0, 0.05) is 5.56 Å². The molecular formula is C12H16FNO2. The zero-order valence-electron chi connectivity index (χ0n) is 9.71. The molecule has 4 heteroatoms. The van der Waals surface area contributed by atoms with Crippen LogP contribution in [-0.2, 0) is 4.84 Å². The van der Waals surface area contributed by atoms with Crippen LogP contribution in [0.1, 0.15) is 30.5 Å². The molecule has 1 aliphatic rings. The van der Waals surface area contributed by atoms with E-state index in [-0.39, 0.29) is 18.0 Å². The number of benzene rings is 1. The van der Waals surface area contributed by atoms with Crippen LogP contribution in [0.2, 0.25) is 0 Å². The van der Waals surface area contributed by atoms with Crippen molar-refractivity contribution < 1.29 is 14.0 Å². The highest BCUT2D eigenvalue weighted by Gasteiger charge is 2.36. The van der Waals surface area contributed by atoms with Gasteiger partial charge in [-0.05, 0) is 25.0 Å². The van der Waals surface area contributed by atoms with Crippen LogP contribution in [0.5, 0.6) is 5.75 Å². The van der Waals surface area contributed by atoms with Crippen LogP contribution in [0.15, 0.2) is 12.1 Å². The molecule has 88 valence electrons. The van der Waals surface area contributed by atoms with E-state index in [1.54, 1.807) is 13.2 Å². The zero-order chi connectivity index (χ0) is 11.7. The summed E-state index contributed by atoms with van der Waals surface area (Å²) < 4.78 is 19.2. The van der Waals surface area contributed by atoms with Gasteiger partial charge in [0.25, 0.3) is 0 Å².